The van der Waals surface area contributed by atoms with Gasteiger partial charge in [0.25, 0.3) is 11.8 Å². The highest BCUT2D eigenvalue weighted by Gasteiger charge is 2.30. The summed E-state index contributed by atoms with van der Waals surface area (Å²) in [4.78, 5) is 49.6. The Morgan fingerprint density at radius 1 is 1.07 bits per heavy atom. The van der Waals surface area contributed by atoms with Gasteiger partial charge in [-0.3, -0.25) is 24.1 Å². The minimum Gasteiger partial charge on any atom is -0.494 e. The molecule has 8 heteroatoms. The summed E-state index contributed by atoms with van der Waals surface area (Å²) in [5.41, 5.74) is 1.68. The van der Waals surface area contributed by atoms with Gasteiger partial charge in [0, 0.05) is 17.8 Å². The lowest BCUT2D eigenvalue weighted by Gasteiger charge is -2.26. The molecule has 0 saturated heterocycles. The summed E-state index contributed by atoms with van der Waals surface area (Å²) in [7, 11) is 0. The zero-order valence-electron chi connectivity index (χ0n) is 16.6. The Labute approximate surface area is 173 Å². The summed E-state index contributed by atoms with van der Waals surface area (Å²) in [6.07, 6.45) is -0.0720. The summed E-state index contributed by atoms with van der Waals surface area (Å²) in [5.74, 6) is -1.27. The Bertz CT molecular complexity index is 954. The van der Waals surface area contributed by atoms with E-state index in [1.807, 2.05) is 6.92 Å². The summed E-state index contributed by atoms with van der Waals surface area (Å²) in [6.45, 7) is 1.87. The molecule has 8 nitrogen and oxygen atoms in total. The third-order valence-corrected chi connectivity index (χ3v) is 4.49. The van der Waals surface area contributed by atoms with Crippen molar-refractivity contribution >= 4 is 29.4 Å². The smallest absolute Gasteiger partial charge is 0.308 e. The van der Waals surface area contributed by atoms with Crippen molar-refractivity contribution in [2.75, 3.05) is 25.1 Å². The minimum atomic E-state index is -0.670. The van der Waals surface area contributed by atoms with E-state index in [-0.39, 0.29) is 25.3 Å². The number of rotatable bonds is 8. The van der Waals surface area contributed by atoms with Crippen molar-refractivity contribution in [3.05, 3.63) is 59.7 Å². The number of nitrogens with one attached hydrogen (secondary N) is 1. The third kappa shape index (κ3) is 5.22. The van der Waals surface area contributed by atoms with Crippen LogP contribution in [0.25, 0.3) is 0 Å². The van der Waals surface area contributed by atoms with Crippen molar-refractivity contribution in [2.24, 2.45) is 0 Å². The van der Waals surface area contributed by atoms with E-state index < -0.39 is 24.4 Å². The lowest BCUT2D eigenvalue weighted by molar-refractivity contribution is -0.147. The number of fused-ring (bicyclic) bond motifs is 1. The molecular formula is C22H22N2O6. The lowest BCUT2D eigenvalue weighted by Crippen LogP contribution is -2.43. The monoisotopic (exact) mass is 410 g/mol. The molecule has 3 amide bonds. The number of imide groups is 1. The molecule has 2 aromatic carbocycles. The lowest BCUT2D eigenvalue weighted by atomic mass is 9.98. The highest BCUT2D eigenvalue weighted by Crippen LogP contribution is 2.20. The standard InChI is InChI=1S/C22H22N2O6/c1-2-29-17-9-7-16(8-10-17)23-19(25)14-30-21(27)11-12-24-20(26)13-15-5-3-4-6-18(15)22(24)28/h3-10H,2,11-14H2,1H3,(H,23,25). The molecule has 0 unspecified atom stereocenters. The summed E-state index contributed by atoms with van der Waals surface area (Å²) >= 11 is 0. The third-order valence-electron chi connectivity index (χ3n) is 4.49. The average molecular weight is 410 g/mol. The zero-order valence-corrected chi connectivity index (χ0v) is 16.6. The molecular weight excluding hydrogens is 388 g/mol. The number of carbonyl (C=O) groups excluding carboxylic acids is 4. The molecule has 0 radical (unpaired) electrons. The molecule has 3 rings (SSSR count). The van der Waals surface area contributed by atoms with E-state index >= 15 is 0 Å². The van der Waals surface area contributed by atoms with Gasteiger partial charge in [-0.05, 0) is 42.8 Å². The number of ether oxygens (including phenoxy) is 2. The van der Waals surface area contributed by atoms with Gasteiger partial charge >= 0.3 is 5.97 Å². The Hall–Kier alpha value is -3.68. The van der Waals surface area contributed by atoms with Gasteiger partial charge in [-0.1, -0.05) is 18.2 Å². The van der Waals surface area contributed by atoms with E-state index in [2.05, 4.69) is 5.32 Å². The van der Waals surface area contributed by atoms with E-state index in [9.17, 15) is 19.2 Å². The summed E-state index contributed by atoms with van der Waals surface area (Å²) in [6, 6.07) is 13.7. The summed E-state index contributed by atoms with van der Waals surface area (Å²) in [5, 5.41) is 2.61. The second kappa shape index (κ2) is 9.69. The molecule has 156 valence electrons. The second-order valence-corrected chi connectivity index (χ2v) is 6.60. The number of benzene rings is 2. The largest absolute Gasteiger partial charge is 0.494 e. The number of hydrogen-bond acceptors (Lipinski definition) is 6. The highest BCUT2D eigenvalue weighted by atomic mass is 16.5. The quantitative estimate of drug-likeness (QED) is 0.529. The Morgan fingerprint density at radius 2 is 1.80 bits per heavy atom. The fraction of sp³-hybridized carbons (Fsp3) is 0.273. The molecule has 0 fully saturated rings. The SMILES string of the molecule is CCOc1ccc(NC(=O)COC(=O)CCN2C(=O)Cc3ccccc3C2=O)cc1. The molecule has 2 aromatic rings. The Balaban J connectivity index is 1.44. The molecule has 0 atom stereocenters. The first kappa shape index (κ1) is 21.0. The molecule has 0 aromatic heterocycles. The van der Waals surface area contributed by atoms with Crippen molar-refractivity contribution in [1.29, 1.82) is 0 Å². The van der Waals surface area contributed by atoms with E-state index in [4.69, 9.17) is 9.47 Å². The van der Waals surface area contributed by atoms with Crippen molar-refractivity contribution in [3.63, 3.8) is 0 Å². The first-order chi connectivity index (χ1) is 14.5. The molecule has 0 aliphatic carbocycles. The molecule has 0 saturated carbocycles. The maximum atomic E-state index is 12.5. The number of carbonyl (C=O) groups is 4. The molecule has 30 heavy (non-hydrogen) atoms. The van der Waals surface area contributed by atoms with Gasteiger partial charge in [0.05, 0.1) is 19.4 Å². The van der Waals surface area contributed by atoms with Gasteiger partial charge in [-0.2, -0.15) is 0 Å². The maximum Gasteiger partial charge on any atom is 0.308 e. The fourth-order valence-electron chi connectivity index (χ4n) is 3.05. The van der Waals surface area contributed by atoms with Crippen LogP contribution >= 0.6 is 0 Å². The fourth-order valence-corrected chi connectivity index (χ4v) is 3.05. The van der Waals surface area contributed by atoms with Gasteiger partial charge in [-0.15, -0.1) is 0 Å². The van der Waals surface area contributed by atoms with Crippen LogP contribution in [0.5, 0.6) is 5.75 Å². The normalized spacial score (nSPS) is 12.9. The van der Waals surface area contributed by atoms with Crippen LogP contribution < -0.4 is 10.1 Å². The number of amides is 3. The molecule has 1 aliphatic heterocycles. The van der Waals surface area contributed by atoms with Crippen molar-refractivity contribution < 1.29 is 28.7 Å². The van der Waals surface area contributed by atoms with E-state index in [0.29, 0.717) is 29.2 Å². The van der Waals surface area contributed by atoms with Gasteiger partial charge < -0.3 is 14.8 Å². The van der Waals surface area contributed by atoms with Gasteiger partial charge in [0.15, 0.2) is 6.61 Å². The molecule has 1 heterocycles. The highest BCUT2D eigenvalue weighted by molar-refractivity contribution is 6.09. The molecule has 1 aliphatic rings. The number of nitrogens with zero attached hydrogens (tertiary/aromatic N) is 1. The number of hydrogen-bond donors (Lipinski definition) is 1. The topological polar surface area (TPSA) is 102 Å². The molecule has 0 spiro atoms. The molecule has 1 N–H and O–H groups in total. The predicted octanol–water partition coefficient (Wildman–Crippen LogP) is 2.18. The zero-order chi connectivity index (χ0) is 21.5. The van der Waals surface area contributed by atoms with E-state index in [1.165, 1.54) is 0 Å². The van der Waals surface area contributed by atoms with Crippen LogP contribution in [-0.4, -0.2) is 48.3 Å². The van der Waals surface area contributed by atoms with Crippen molar-refractivity contribution in [3.8, 4) is 5.75 Å². The van der Waals surface area contributed by atoms with Crippen LogP contribution in [0.4, 0.5) is 5.69 Å². The van der Waals surface area contributed by atoms with Gasteiger partial charge in [0.1, 0.15) is 5.75 Å². The van der Waals surface area contributed by atoms with Crippen LogP contribution in [0.3, 0.4) is 0 Å². The summed E-state index contributed by atoms with van der Waals surface area (Å²) < 4.78 is 10.3. The Kier molecular flexibility index (Phi) is 6.79. The van der Waals surface area contributed by atoms with Crippen LogP contribution in [-0.2, 0) is 25.5 Å². The van der Waals surface area contributed by atoms with E-state index in [0.717, 1.165) is 4.90 Å². The number of anilines is 1. The maximum absolute atomic E-state index is 12.5. The number of esters is 1. The van der Waals surface area contributed by atoms with Crippen molar-refractivity contribution in [1.82, 2.24) is 4.90 Å². The first-order valence-corrected chi connectivity index (χ1v) is 9.59. The van der Waals surface area contributed by atoms with E-state index in [1.54, 1.807) is 48.5 Å². The van der Waals surface area contributed by atoms with Gasteiger partial charge in [0.2, 0.25) is 5.91 Å². The van der Waals surface area contributed by atoms with Crippen LogP contribution in [0.1, 0.15) is 29.3 Å². The Morgan fingerprint density at radius 3 is 2.53 bits per heavy atom. The van der Waals surface area contributed by atoms with Crippen molar-refractivity contribution in [2.45, 2.75) is 19.8 Å². The average Bonchev–Trinajstić information content (AvgIpc) is 2.74. The van der Waals surface area contributed by atoms with Crippen LogP contribution in [0.15, 0.2) is 48.5 Å². The first-order valence-electron chi connectivity index (χ1n) is 9.59. The van der Waals surface area contributed by atoms with Gasteiger partial charge in [-0.25, -0.2) is 0 Å². The predicted molar refractivity (Wildman–Crippen MR) is 108 cm³/mol. The second-order valence-electron chi connectivity index (χ2n) is 6.60. The molecule has 0 bridgehead atoms. The van der Waals surface area contributed by atoms with Crippen LogP contribution in [0, 0.1) is 0 Å². The minimum absolute atomic E-state index is 0.0919. The van der Waals surface area contributed by atoms with Crippen LogP contribution in [0.2, 0.25) is 0 Å².